The molecule has 2 aromatic carbocycles. The van der Waals surface area contributed by atoms with Crippen molar-refractivity contribution >= 4 is 27.9 Å². The molecule has 0 saturated carbocycles. The topological polar surface area (TPSA) is 74.0 Å². The van der Waals surface area contributed by atoms with Crippen LogP contribution in [0.4, 0.5) is 5.82 Å². The lowest BCUT2D eigenvalue weighted by Crippen LogP contribution is -3.00. The Morgan fingerprint density at radius 3 is 2.55 bits per heavy atom. The number of nitrogens with zero attached hydrogens (tertiary/aromatic N) is 2. The second-order valence-corrected chi connectivity index (χ2v) is 6.59. The van der Waals surface area contributed by atoms with E-state index < -0.39 is 0 Å². The van der Waals surface area contributed by atoms with Gasteiger partial charge >= 0.3 is 0 Å². The SMILES string of the molecule is CCc1nc([NH2+]CCc2ccc(OC)c(OC)c2)c2oc3ccccc3c2n1.[Cl-]. The molecule has 2 N–H and O–H groups in total. The minimum absolute atomic E-state index is 0. The molecule has 0 unspecified atom stereocenters. The van der Waals surface area contributed by atoms with Gasteiger partial charge in [0.2, 0.25) is 5.58 Å². The van der Waals surface area contributed by atoms with Crippen molar-refractivity contribution in [1.29, 1.82) is 0 Å². The molecular weight excluding hydrogens is 390 g/mol. The number of rotatable bonds is 7. The number of fused-ring (bicyclic) bond motifs is 3. The van der Waals surface area contributed by atoms with Gasteiger partial charge in [0.1, 0.15) is 16.9 Å². The van der Waals surface area contributed by atoms with Crippen LogP contribution in [-0.4, -0.2) is 30.7 Å². The Hall–Kier alpha value is -2.83. The van der Waals surface area contributed by atoms with Crippen LogP contribution in [0.1, 0.15) is 18.3 Å². The molecule has 4 rings (SSSR count). The van der Waals surface area contributed by atoms with Gasteiger partial charge in [0.25, 0.3) is 5.82 Å². The smallest absolute Gasteiger partial charge is 0.272 e. The Balaban J connectivity index is 0.00000240. The van der Waals surface area contributed by atoms with Gasteiger partial charge in [-0.1, -0.05) is 25.1 Å². The molecule has 152 valence electrons. The summed E-state index contributed by atoms with van der Waals surface area (Å²) >= 11 is 0. The average Bonchev–Trinajstić information content (AvgIpc) is 3.12. The summed E-state index contributed by atoms with van der Waals surface area (Å²) in [5, 5.41) is 3.16. The number of quaternary nitrogens is 1. The van der Waals surface area contributed by atoms with E-state index in [0.717, 1.165) is 64.6 Å². The number of ether oxygens (including phenoxy) is 2. The van der Waals surface area contributed by atoms with Gasteiger partial charge in [-0.25, -0.2) is 4.98 Å². The number of aryl methyl sites for hydroxylation is 1. The van der Waals surface area contributed by atoms with Crippen molar-refractivity contribution in [2.45, 2.75) is 19.8 Å². The van der Waals surface area contributed by atoms with Crippen LogP contribution in [0.25, 0.3) is 22.1 Å². The summed E-state index contributed by atoms with van der Waals surface area (Å²) < 4.78 is 16.8. The molecule has 0 radical (unpaired) electrons. The van der Waals surface area contributed by atoms with Crippen molar-refractivity contribution in [2.75, 3.05) is 20.8 Å². The molecule has 4 aromatic rings. The molecule has 29 heavy (non-hydrogen) atoms. The quantitative estimate of drug-likeness (QED) is 0.474. The molecule has 7 heteroatoms. The summed E-state index contributed by atoms with van der Waals surface area (Å²) in [7, 11) is 3.30. The Morgan fingerprint density at radius 1 is 1.00 bits per heavy atom. The first-order valence-corrected chi connectivity index (χ1v) is 9.45. The van der Waals surface area contributed by atoms with Gasteiger partial charge in [-0.3, -0.25) is 5.32 Å². The van der Waals surface area contributed by atoms with Crippen molar-refractivity contribution in [3.63, 3.8) is 0 Å². The maximum absolute atomic E-state index is 6.06. The number of aromatic nitrogens is 2. The molecule has 0 bridgehead atoms. The fraction of sp³-hybridized carbons (Fsp3) is 0.273. The second kappa shape index (κ2) is 9.11. The Kier molecular flexibility index (Phi) is 6.56. The zero-order chi connectivity index (χ0) is 19.5. The molecule has 0 aliphatic heterocycles. The molecule has 0 atom stereocenters. The van der Waals surface area contributed by atoms with E-state index in [1.54, 1.807) is 14.2 Å². The normalized spacial score (nSPS) is 10.9. The van der Waals surface area contributed by atoms with Gasteiger partial charge in [0.05, 0.1) is 20.8 Å². The Morgan fingerprint density at radius 2 is 1.79 bits per heavy atom. The molecule has 0 spiro atoms. The summed E-state index contributed by atoms with van der Waals surface area (Å²) in [5.41, 5.74) is 3.67. The number of furan rings is 1. The molecular formula is C22H24ClN3O3. The zero-order valence-corrected chi connectivity index (χ0v) is 17.5. The van der Waals surface area contributed by atoms with Crippen molar-refractivity contribution in [2.24, 2.45) is 0 Å². The highest BCUT2D eigenvalue weighted by molar-refractivity contribution is 6.04. The van der Waals surface area contributed by atoms with Crippen LogP contribution in [0.5, 0.6) is 11.5 Å². The van der Waals surface area contributed by atoms with E-state index in [-0.39, 0.29) is 12.4 Å². The fourth-order valence-corrected chi connectivity index (χ4v) is 3.37. The summed E-state index contributed by atoms with van der Waals surface area (Å²) in [6.45, 7) is 2.90. The van der Waals surface area contributed by atoms with Crippen LogP contribution in [0.3, 0.4) is 0 Å². The third-order valence-corrected chi connectivity index (χ3v) is 4.83. The van der Waals surface area contributed by atoms with E-state index >= 15 is 0 Å². The predicted molar refractivity (Wildman–Crippen MR) is 108 cm³/mol. The van der Waals surface area contributed by atoms with E-state index in [9.17, 15) is 0 Å². The predicted octanol–water partition coefficient (Wildman–Crippen LogP) is 0.397. The maximum atomic E-state index is 6.06. The van der Waals surface area contributed by atoms with Gasteiger partial charge in [0, 0.05) is 18.2 Å². The summed E-state index contributed by atoms with van der Waals surface area (Å²) in [5.74, 6) is 3.17. The third kappa shape index (κ3) is 4.13. The van der Waals surface area contributed by atoms with Crippen molar-refractivity contribution in [3.05, 3.63) is 53.9 Å². The number of para-hydroxylation sites is 1. The first-order valence-electron chi connectivity index (χ1n) is 9.45. The van der Waals surface area contributed by atoms with Crippen molar-refractivity contribution < 1.29 is 31.6 Å². The zero-order valence-electron chi connectivity index (χ0n) is 16.7. The molecule has 0 aliphatic rings. The van der Waals surface area contributed by atoms with Crippen LogP contribution in [0, 0.1) is 0 Å². The number of hydrogen-bond acceptors (Lipinski definition) is 5. The number of halogens is 1. The van der Waals surface area contributed by atoms with Gasteiger partial charge in [-0.05, 0) is 29.8 Å². The van der Waals surface area contributed by atoms with Gasteiger partial charge in [-0.15, -0.1) is 0 Å². The second-order valence-electron chi connectivity index (χ2n) is 6.59. The molecule has 2 heterocycles. The first-order chi connectivity index (χ1) is 13.7. The lowest BCUT2D eigenvalue weighted by molar-refractivity contribution is -0.573. The monoisotopic (exact) mass is 413 g/mol. The fourth-order valence-electron chi connectivity index (χ4n) is 3.37. The lowest BCUT2D eigenvalue weighted by atomic mass is 10.1. The molecule has 0 amide bonds. The van der Waals surface area contributed by atoms with Crippen LogP contribution >= 0.6 is 0 Å². The van der Waals surface area contributed by atoms with Gasteiger partial charge in [-0.2, -0.15) is 4.98 Å². The van der Waals surface area contributed by atoms with Crippen molar-refractivity contribution in [3.8, 4) is 11.5 Å². The van der Waals surface area contributed by atoms with E-state index in [2.05, 4.69) is 18.3 Å². The van der Waals surface area contributed by atoms with Crippen molar-refractivity contribution in [1.82, 2.24) is 9.97 Å². The molecule has 0 saturated heterocycles. The first kappa shape index (κ1) is 20.9. The average molecular weight is 414 g/mol. The molecule has 0 fully saturated rings. The number of hydrogen-bond donors (Lipinski definition) is 1. The van der Waals surface area contributed by atoms with E-state index in [1.165, 1.54) is 5.56 Å². The molecule has 6 nitrogen and oxygen atoms in total. The molecule has 2 aromatic heterocycles. The minimum Gasteiger partial charge on any atom is -1.00 e. The van der Waals surface area contributed by atoms with Crippen LogP contribution in [0.2, 0.25) is 0 Å². The lowest BCUT2D eigenvalue weighted by Gasteiger charge is -2.09. The van der Waals surface area contributed by atoms with E-state index in [1.807, 2.05) is 36.4 Å². The highest BCUT2D eigenvalue weighted by atomic mass is 35.5. The standard InChI is InChI=1S/C22H23N3O3.ClH/c1-4-19-24-20-15-7-5-6-8-16(15)28-21(20)22(25-19)23-12-11-14-9-10-17(26-2)18(13-14)27-3;/h5-10,13H,4,11-12H2,1-3H3,(H,23,24,25);1H. The highest BCUT2D eigenvalue weighted by Gasteiger charge is 2.18. The molecule has 0 aliphatic carbocycles. The largest absolute Gasteiger partial charge is 1.00 e. The maximum Gasteiger partial charge on any atom is 0.272 e. The summed E-state index contributed by atoms with van der Waals surface area (Å²) in [4.78, 5) is 9.40. The summed E-state index contributed by atoms with van der Waals surface area (Å²) in [6, 6.07) is 14.0. The van der Waals surface area contributed by atoms with Gasteiger partial charge < -0.3 is 26.3 Å². The third-order valence-electron chi connectivity index (χ3n) is 4.83. The Bertz CT molecular complexity index is 1130. The number of nitrogens with two attached hydrogens (primary N) is 1. The van der Waals surface area contributed by atoms with E-state index in [0.29, 0.717) is 0 Å². The van der Waals surface area contributed by atoms with Gasteiger partial charge in [0.15, 0.2) is 11.5 Å². The number of benzene rings is 2. The number of methoxy groups -OCH3 is 2. The van der Waals surface area contributed by atoms with Crippen LogP contribution in [-0.2, 0) is 12.8 Å². The van der Waals surface area contributed by atoms with E-state index in [4.69, 9.17) is 23.9 Å². The van der Waals surface area contributed by atoms with Crippen LogP contribution in [0.15, 0.2) is 46.9 Å². The minimum atomic E-state index is 0. The van der Waals surface area contributed by atoms with Crippen LogP contribution < -0.4 is 27.2 Å². The summed E-state index contributed by atoms with van der Waals surface area (Å²) in [6.07, 6.45) is 1.65. The highest BCUT2D eigenvalue weighted by Crippen LogP contribution is 2.30. The Labute approximate surface area is 175 Å².